The molecule has 0 fully saturated rings. The summed E-state index contributed by atoms with van der Waals surface area (Å²) in [6.45, 7) is 6.35. The Kier molecular flexibility index (Phi) is 8.58. The first-order valence-corrected chi connectivity index (χ1v) is 8.37. The Hall–Kier alpha value is -1.56. The standard InChI is InChI=1S/C16H25BrN4O/c1-4-10-19-15(22)11-20-16(18-5-2)21(3)12-13-8-6-7-9-14(13)17/h6-9H,4-5,10-12H2,1-3H3,(H,18,20)(H,19,22). The summed E-state index contributed by atoms with van der Waals surface area (Å²) >= 11 is 3.55. The van der Waals surface area contributed by atoms with Gasteiger partial charge in [-0.05, 0) is 25.0 Å². The molecule has 1 rings (SSSR count). The van der Waals surface area contributed by atoms with E-state index < -0.39 is 0 Å². The van der Waals surface area contributed by atoms with Crippen LogP contribution in [0, 0.1) is 0 Å². The van der Waals surface area contributed by atoms with Gasteiger partial charge in [-0.3, -0.25) is 4.79 Å². The van der Waals surface area contributed by atoms with Crippen LogP contribution in [0.3, 0.4) is 0 Å². The summed E-state index contributed by atoms with van der Waals surface area (Å²) in [5.41, 5.74) is 1.17. The van der Waals surface area contributed by atoms with Gasteiger partial charge in [-0.15, -0.1) is 0 Å². The largest absolute Gasteiger partial charge is 0.357 e. The van der Waals surface area contributed by atoms with Crippen molar-refractivity contribution in [1.29, 1.82) is 0 Å². The predicted octanol–water partition coefficient (Wildman–Crippen LogP) is 2.37. The van der Waals surface area contributed by atoms with Crippen molar-refractivity contribution in [3.8, 4) is 0 Å². The fourth-order valence-electron chi connectivity index (χ4n) is 1.89. The molecule has 1 aromatic rings. The van der Waals surface area contributed by atoms with E-state index in [0.29, 0.717) is 13.1 Å². The summed E-state index contributed by atoms with van der Waals surface area (Å²) in [7, 11) is 1.96. The molecule has 0 aliphatic heterocycles. The third-order valence-corrected chi connectivity index (χ3v) is 3.78. The molecule has 2 N–H and O–H groups in total. The number of aliphatic imine (C=N–C) groups is 1. The van der Waals surface area contributed by atoms with Crippen LogP contribution in [0.2, 0.25) is 0 Å². The summed E-state index contributed by atoms with van der Waals surface area (Å²) in [6.07, 6.45) is 0.928. The molecule has 0 unspecified atom stereocenters. The van der Waals surface area contributed by atoms with Gasteiger partial charge >= 0.3 is 0 Å². The van der Waals surface area contributed by atoms with Crippen LogP contribution in [-0.2, 0) is 11.3 Å². The Bertz CT molecular complexity index is 505. The zero-order valence-corrected chi connectivity index (χ0v) is 15.1. The van der Waals surface area contributed by atoms with E-state index in [-0.39, 0.29) is 12.5 Å². The van der Waals surface area contributed by atoms with Crippen LogP contribution in [-0.4, -0.2) is 43.4 Å². The van der Waals surface area contributed by atoms with Gasteiger partial charge in [0.05, 0.1) is 0 Å². The molecular weight excluding hydrogens is 344 g/mol. The summed E-state index contributed by atoms with van der Waals surface area (Å²) in [4.78, 5) is 18.1. The SMILES string of the molecule is CCCNC(=O)CN=C(NCC)N(C)Cc1ccccc1Br. The van der Waals surface area contributed by atoms with Crippen LogP contribution in [0.4, 0.5) is 0 Å². The lowest BCUT2D eigenvalue weighted by atomic mass is 10.2. The third kappa shape index (κ3) is 6.47. The number of nitrogens with zero attached hydrogens (tertiary/aromatic N) is 2. The highest BCUT2D eigenvalue weighted by Gasteiger charge is 2.09. The van der Waals surface area contributed by atoms with Crippen molar-refractivity contribution in [2.45, 2.75) is 26.8 Å². The maximum Gasteiger partial charge on any atom is 0.241 e. The number of hydrogen-bond acceptors (Lipinski definition) is 2. The van der Waals surface area contributed by atoms with Crippen LogP contribution in [0.25, 0.3) is 0 Å². The first-order valence-electron chi connectivity index (χ1n) is 7.58. The molecule has 0 aliphatic rings. The number of benzene rings is 1. The lowest BCUT2D eigenvalue weighted by Crippen LogP contribution is -2.39. The first kappa shape index (κ1) is 18.5. The van der Waals surface area contributed by atoms with Crippen LogP contribution < -0.4 is 10.6 Å². The van der Waals surface area contributed by atoms with E-state index in [1.807, 2.05) is 44.0 Å². The van der Waals surface area contributed by atoms with Gasteiger partial charge in [0.15, 0.2) is 5.96 Å². The molecule has 6 heteroatoms. The fraction of sp³-hybridized carbons (Fsp3) is 0.500. The number of carbonyl (C=O) groups excluding carboxylic acids is 1. The molecule has 0 radical (unpaired) electrons. The molecule has 22 heavy (non-hydrogen) atoms. The second-order valence-corrected chi connectivity index (χ2v) is 5.82. The van der Waals surface area contributed by atoms with Crippen molar-refractivity contribution in [2.24, 2.45) is 4.99 Å². The normalized spacial score (nSPS) is 11.2. The topological polar surface area (TPSA) is 56.7 Å². The van der Waals surface area contributed by atoms with E-state index in [4.69, 9.17) is 0 Å². The zero-order valence-electron chi connectivity index (χ0n) is 13.5. The van der Waals surface area contributed by atoms with Crippen molar-refractivity contribution in [3.05, 3.63) is 34.3 Å². The van der Waals surface area contributed by atoms with Crippen LogP contribution in [0.5, 0.6) is 0 Å². The molecule has 0 aliphatic carbocycles. The second-order valence-electron chi connectivity index (χ2n) is 4.97. The van der Waals surface area contributed by atoms with E-state index in [2.05, 4.69) is 37.6 Å². The maximum atomic E-state index is 11.7. The molecule has 5 nitrogen and oxygen atoms in total. The molecule has 0 saturated carbocycles. The lowest BCUT2D eigenvalue weighted by molar-refractivity contribution is -0.119. The van der Waals surface area contributed by atoms with Gasteiger partial charge in [0, 0.05) is 31.2 Å². The van der Waals surface area contributed by atoms with E-state index in [9.17, 15) is 4.79 Å². The summed E-state index contributed by atoms with van der Waals surface area (Å²) < 4.78 is 1.07. The van der Waals surface area contributed by atoms with E-state index in [0.717, 1.165) is 23.4 Å². The molecule has 0 spiro atoms. The highest BCUT2D eigenvalue weighted by atomic mass is 79.9. The molecule has 0 saturated heterocycles. The van der Waals surface area contributed by atoms with Gasteiger partial charge in [-0.2, -0.15) is 0 Å². The Morgan fingerprint density at radius 3 is 2.64 bits per heavy atom. The Morgan fingerprint density at radius 2 is 2.00 bits per heavy atom. The van der Waals surface area contributed by atoms with E-state index in [1.54, 1.807) is 0 Å². The summed E-state index contributed by atoms with van der Waals surface area (Å²) in [5, 5.41) is 6.04. The van der Waals surface area contributed by atoms with Crippen molar-refractivity contribution in [2.75, 3.05) is 26.7 Å². The number of carbonyl (C=O) groups is 1. The highest BCUT2D eigenvalue weighted by molar-refractivity contribution is 9.10. The number of hydrogen-bond donors (Lipinski definition) is 2. The van der Waals surface area contributed by atoms with Gasteiger partial charge < -0.3 is 15.5 Å². The number of amides is 1. The van der Waals surface area contributed by atoms with Crippen molar-refractivity contribution in [1.82, 2.24) is 15.5 Å². The van der Waals surface area contributed by atoms with Gasteiger partial charge in [-0.25, -0.2) is 4.99 Å². The number of rotatable bonds is 7. The van der Waals surface area contributed by atoms with Crippen LogP contribution in [0.15, 0.2) is 33.7 Å². The quantitative estimate of drug-likeness (QED) is 0.573. The molecule has 1 amide bonds. The Morgan fingerprint density at radius 1 is 1.27 bits per heavy atom. The smallest absolute Gasteiger partial charge is 0.241 e. The molecule has 122 valence electrons. The van der Waals surface area contributed by atoms with Crippen molar-refractivity contribution >= 4 is 27.8 Å². The van der Waals surface area contributed by atoms with Crippen LogP contribution >= 0.6 is 15.9 Å². The van der Waals surface area contributed by atoms with E-state index in [1.165, 1.54) is 5.56 Å². The van der Waals surface area contributed by atoms with Gasteiger partial charge in [-0.1, -0.05) is 41.1 Å². The van der Waals surface area contributed by atoms with Gasteiger partial charge in [0.1, 0.15) is 6.54 Å². The number of halogens is 1. The molecule has 1 aromatic carbocycles. The summed E-state index contributed by atoms with van der Waals surface area (Å²) in [6, 6.07) is 8.09. The first-order chi connectivity index (χ1) is 10.6. The van der Waals surface area contributed by atoms with Crippen molar-refractivity contribution in [3.63, 3.8) is 0 Å². The average molecular weight is 369 g/mol. The molecule has 0 atom stereocenters. The lowest BCUT2D eigenvalue weighted by Gasteiger charge is -2.22. The molecular formula is C16H25BrN4O. The summed E-state index contributed by atoms with van der Waals surface area (Å²) in [5.74, 6) is 0.677. The average Bonchev–Trinajstić information content (AvgIpc) is 2.51. The van der Waals surface area contributed by atoms with Gasteiger partial charge in [0.2, 0.25) is 5.91 Å². The van der Waals surface area contributed by atoms with Crippen molar-refractivity contribution < 1.29 is 4.79 Å². The molecule has 0 bridgehead atoms. The Labute approximate surface area is 141 Å². The molecule has 0 heterocycles. The monoisotopic (exact) mass is 368 g/mol. The molecule has 0 aromatic heterocycles. The minimum atomic E-state index is -0.0495. The number of guanidine groups is 1. The predicted molar refractivity (Wildman–Crippen MR) is 94.9 cm³/mol. The number of nitrogens with one attached hydrogen (secondary N) is 2. The highest BCUT2D eigenvalue weighted by Crippen LogP contribution is 2.17. The zero-order chi connectivity index (χ0) is 16.4. The minimum Gasteiger partial charge on any atom is -0.357 e. The minimum absolute atomic E-state index is 0.0495. The third-order valence-electron chi connectivity index (χ3n) is 3.01. The van der Waals surface area contributed by atoms with Crippen LogP contribution in [0.1, 0.15) is 25.8 Å². The second kappa shape index (κ2) is 10.2. The van der Waals surface area contributed by atoms with Gasteiger partial charge in [0.25, 0.3) is 0 Å². The fourth-order valence-corrected chi connectivity index (χ4v) is 2.30. The maximum absolute atomic E-state index is 11.7. The van der Waals surface area contributed by atoms with E-state index >= 15 is 0 Å². The Balaban J connectivity index is 2.68.